The maximum atomic E-state index is 13.4. The van der Waals surface area contributed by atoms with E-state index in [0.29, 0.717) is 10.2 Å². The molecule has 2 nitrogen and oxygen atoms in total. The molecule has 0 aromatic heterocycles. The zero-order valence-electron chi connectivity index (χ0n) is 8.65. The predicted octanol–water partition coefficient (Wildman–Crippen LogP) is 3.35. The number of fused-ring (bicyclic) bond motifs is 2. The summed E-state index contributed by atoms with van der Waals surface area (Å²) in [6, 6.07) is 3.16. The molecule has 1 heterocycles. The lowest BCUT2D eigenvalue weighted by molar-refractivity contribution is -0.120. The number of halogens is 2. The van der Waals surface area contributed by atoms with E-state index in [0.717, 1.165) is 31.2 Å². The number of amides is 1. The highest BCUT2D eigenvalue weighted by Gasteiger charge is 2.48. The molecule has 0 atom stereocenters. The van der Waals surface area contributed by atoms with Crippen molar-refractivity contribution in [2.45, 2.75) is 31.1 Å². The second kappa shape index (κ2) is 3.29. The minimum Gasteiger partial charge on any atom is -0.325 e. The maximum Gasteiger partial charge on any atom is 0.235 e. The average molecular weight is 284 g/mol. The molecule has 84 valence electrons. The Morgan fingerprint density at radius 3 is 2.69 bits per heavy atom. The molecule has 1 aliphatic heterocycles. The zero-order valence-corrected chi connectivity index (χ0v) is 10.2. The van der Waals surface area contributed by atoms with E-state index in [1.54, 1.807) is 6.07 Å². The Labute approximate surface area is 101 Å². The lowest BCUT2D eigenvalue weighted by Crippen LogP contribution is -2.30. The molecule has 3 rings (SSSR count). The summed E-state index contributed by atoms with van der Waals surface area (Å²) in [4.78, 5) is 12.0. The fourth-order valence-electron chi connectivity index (χ4n) is 2.89. The molecule has 2 aliphatic rings. The summed E-state index contributed by atoms with van der Waals surface area (Å²) in [5, 5.41) is 2.80. The van der Waals surface area contributed by atoms with Crippen LogP contribution in [0.25, 0.3) is 0 Å². The van der Waals surface area contributed by atoms with Gasteiger partial charge in [0.1, 0.15) is 5.82 Å². The summed E-state index contributed by atoms with van der Waals surface area (Å²) in [5.41, 5.74) is 1.22. The third-order valence-corrected chi connectivity index (χ3v) is 4.32. The third-order valence-electron chi connectivity index (χ3n) is 3.72. The van der Waals surface area contributed by atoms with Gasteiger partial charge in [0.2, 0.25) is 5.91 Å². The van der Waals surface area contributed by atoms with Gasteiger partial charge in [0.05, 0.1) is 9.89 Å². The van der Waals surface area contributed by atoms with Crippen molar-refractivity contribution in [1.82, 2.24) is 0 Å². The van der Waals surface area contributed by atoms with Crippen molar-refractivity contribution >= 4 is 27.5 Å². The standard InChI is InChI=1S/C12H11BrFNO/c13-8-5-7-10(6-9(8)14)15-11(16)12(7)3-1-2-4-12/h5-6H,1-4H2,(H,15,16). The Balaban J connectivity index is 2.20. The number of hydrogen-bond acceptors (Lipinski definition) is 1. The Morgan fingerprint density at radius 1 is 1.31 bits per heavy atom. The average Bonchev–Trinajstić information content (AvgIpc) is 2.80. The van der Waals surface area contributed by atoms with Crippen LogP contribution in [0.5, 0.6) is 0 Å². The van der Waals surface area contributed by atoms with E-state index in [1.165, 1.54) is 6.07 Å². The third kappa shape index (κ3) is 1.19. The smallest absolute Gasteiger partial charge is 0.235 e. The highest BCUT2D eigenvalue weighted by atomic mass is 79.9. The van der Waals surface area contributed by atoms with Crippen LogP contribution in [0.3, 0.4) is 0 Å². The van der Waals surface area contributed by atoms with Gasteiger partial charge in [-0.25, -0.2) is 4.39 Å². The molecule has 1 aromatic rings. The molecule has 1 saturated carbocycles. The SMILES string of the molecule is O=C1Nc2cc(F)c(Br)cc2C12CCCC2. The first kappa shape index (κ1) is 10.3. The van der Waals surface area contributed by atoms with Crippen LogP contribution in [-0.4, -0.2) is 5.91 Å². The van der Waals surface area contributed by atoms with E-state index >= 15 is 0 Å². The number of rotatable bonds is 0. The molecule has 1 N–H and O–H groups in total. The molecule has 4 heteroatoms. The van der Waals surface area contributed by atoms with E-state index in [1.807, 2.05) is 0 Å². The number of benzene rings is 1. The van der Waals surface area contributed by atoms with E-state index in [2.05, 4.69) is 21.2 Å². The molecule has 1 amide bonds. The highest BCUT2D eigenvalue weighted by molar-refractivity contribution is 9.10. The van der Waals surface area contributed by atoms with Crippen LogP contribution < -0.4 is 5.32 Å². The molecule has 0 bridgehead atoms. The summed E-state index contributed by atoms with van der Waals surface area (Å²) >= 11 is 3.19. The van der Waals surface area contributed by atoms with Crippen molar-refractivity contribution < 1.29 is 9.18 Å². The Hall–Kier alpha value is -0.900. The summed E-state index contributed by atoms with van der Waals surface area (Å²) in [6.45, 7) is 0. The van der Waals surface area contributed by atoms with Crippen LogP contribution in [0, 0.1) is 5.82 Å². The largest absolute Gasteiger partial charge is 0.325 e. The second-order valence-electron chi connectivity index (χ2n) is 4.56. The number of nitrogens with one attached hydrogen (secondary N) is 1. The number of anilines is 1. The molecule has 16 heavy (non-hydrogen) atoms. The van der Waals surface area contributed by atoms with Gasteiger partial charge in [-0.1, -0.05) is 12.8 Å². The molecule has 1 spiro atoms. The van der Waals surface area contributed by atoms with Gasteiger partial charge in [-0.15, -0.1) is 0 Å². The van der Waals surface area contributed by atoms with Gasteiger partial charge in [0.15, 0.2) is 0 Å². The summed E-state index contributed by atoms with van der Waals surface area (Å²) in [5.74, 6) is -0.286. The van der Waals surface area contributed by atoms with Gasteiger partial charge >= 0.3 is 0 Å². The highest BCUT2D eigenvalue weighted by Crippen LogP contribution is 2.49. The lowest BCUT2D eigenvalue weighted by atomic mass is 9.80. The lowest BCUT2D eigenvalue weighted by Gasteiger charge is -2.20. The quantitative estimate of drug-likeness (QED) is 0.777. The van der Waals surface area contributed by atoms with Crippen LogP contribution in [0.15, 0.2) is 16.6 Å². The van der Waals surface area contributed by atoms with Crippen molar-refractivity contribution in [3.05, 3.63) is 28.0 Å². The van der Waals surface area contributed by atoms with Gasteiger partial charge in [0.25, 0.3) is 0 Å². The first-order valence-corrected chi connectivity index (χ1v) is 6.24. The summed E-state index contributed by atoms with van der Waals surface area (Å²) in [6.07, 6.45) is 3.90. The van der Waals surface area contributed by atoms with Crippen molar-refractivity contribution in [3.63, 3.8) is 0 Å². The Kier molecular flexibility index (Phi) is 2.11. The van der Waals surface area contributed by atoms with Gasteiger partial charge < -0.3 is 5.32 Å². The first-order chi connectivity index (χ1) is 7.63. The maximum absolute atomic E-state index is 13.4. The zero-order chi connectivity index (χ0) is 11.3. The summed E-state index contributed by atoms with van der Waals surface area (Å²) in [7, 11) is 0. The molecule has 1 fully saturated rings. The van der Waals surface area contributed by atoms with Crippen LogP contribution in [0.4, 0.5) is 10.1 Å². The van der Waals surface area contributed by atoms with Gasteiger partial charge in [0, 0.05) is 5.69 Å². The molecule has 0 radical (unpaired) electrons. The van der Waals surface area contributed by atoms with E-state index < -0.39 is 0 Å². The monoisotopic (exact) mass is 283 g/mol. The van der Waals surface area contributed by atoms with Gasteiger partial charge in [-0.05, 0) is 46.5 Å². The minimum absolute atomic E-state index is 0.0394. The van der Waals surface area contributed by atoms with Crippen LogP contribution in [0.2, 0.25) is 0 Å². The number of carbonyl (C=O) groups excluding carboxylic acids is 1. The van der Waals surface area contributed by atoms with Crippen LogP contribution in [0.1, 0.15) is 31.2 Å². The fraction of sp³-hybridized carbons (Fsp3) is 0.417. The van der Waals surface area contributed by atoms with E-state index in [4.69, 9.17) is 0 Å². The molecule has 0 unspecified atom stereocenters. The first-order valence-electron chi connectivity index (χ1n) is 5.44. The molecule has 1 aliphatic carbocycles. The topological polar surface area (TPSA) is 29.1 Å². The summed E-state index contributed by atoms with van der Waals surface area (Å²) < 4.78 is 13.8. The van der Waals surface area contributed by atoms with Gasteiger partial charge in [-0.2, -0.15) is 0 Å². The molecular weight excluding hydrogens is 273 g/mol. The molecule has 0 saturated heterocycles. The van der Waals surface area contributed by atoms with Crippen molar-refractivity contribution in [3.8, 4) is 0 Å². The van der Waals surface area contributed by atoms with E-state index in [9.17, 15) is 9.18 Å². The van der Waals surface area contributed by atoms with Crippen molar-refractivity contribution in [2.75, 3.05) is 5.32 Å². The number of carbonyl (C=O) groups is 1. The molecule has 1 aromatic carbocycles. The van der Waals surface area contributed by atoms with Crippen LogP contribution >= 0.6 is 15.9 Å². The van der Waals surface area contributed by atoms with Gasteiger partial charge in [-0.3, -0.25) is 4.79 Å². The van der Waals surface area contributed by atoms with Crippen molar-refractivity contribution in [1.29, 1.82) is 0 Å². The van der Waals surface area contributed by atoms with Crippen LogP contribution in [-0.2, 0) is 10.2 Å². The predicted molar refractivity (Wildman–Crippen MR) is 62.9 cm³/mol. The second-order valence-corrected chi connectivity index (χ2v) is 5.41. The molecular formula is C12H11BrFNO. The Morgan fingerprint density at radius 2 is 2.00 bits per heavy atom. The Bertz CT molecular complexity index is 480. The number of hydrogen-bond donors (Lipinski definition) is 1. The van der Waals surface area contributed by atoms with Crippen molar-refractivity contribution in [2.24, 2.45) is 0 Å². The normalized spacial score (nSPS) is 21.2. The minimum atomic E-state index is -0.383. The van der Waals surface area contributed by atoms with E-state index in [-0.39, 0.29) is 17.1 Å². The fourth-order valence-corrected chi connectivity index (χ4v) is 3.23.